The summed E-state index contributed by atoms with van der Waals surface area (Å²) in [6, 6.07) is 4.78. The van der Waals surface area contributed by atoms with Gasteiger partial charge < -0.3 is 0 Å². The van der Waals surface area contributed by atoms with Crippen molar-refractivity contribution in [3.63, 3.8) is 0 Å². The van der Waals surface area contributed by atoms with Crippen LogP contribution >= 0.6 is 23.2 Å². The van der Waals surface area contributed by atoms with Crippen LogP contribution in [0.5, 0.6) is 0 Å². The highest BCUT2D eigenvalue weighted by atomic mass is 35.5. The Hall–Kier alpha value is -0.270. The van der Waals surface area contributed by atoms with Gasteiger partial charge in [-0.25, -0.2) is 4.39 Å². The average Bonchev–Trinajstić information content (AvgIpc) is 2.15. The highest BCUT2D eigenvalue weighted by Crippen LogP contribution is 2.29. The largest absolute Gasteiger partial charge is 0.207 e. The minimum absolute atomic E-state index is 0.00988. The smallest absolute Gasteiger partial charge is 0.127 e. The molecule has 1 aromatic carbocycles. The fourth-order valence-corrected chi connectivity index (χ4v) is 2.51. The number of alkyl halides is 1. The zero-order chi connectivity index (χ0) is 12.3. The van der Waals surface area contributed by atoms with Gasteiger partial charge in [0.2, 0.25) is 0 Å². The van der Waals surface area contributed by atoms with Gasteiger partial charge in [-0.05, 0) is 37.3 Å². The molecule has 0 saturated carbocycles. The first-order valence-electron chi connectivity index (χ1n) is 5.50. The fraction of sp³-hybridized carbons (Fsp3) is 0.538. The topological polar surface area (TPSA) is 0 Å². The van der Waals surface area contributed by atoms with E-state index in [1.807, 2.05) is 6.92 Å². The maximum atomic E-state index is 13.6. The van der Waals surface area contributed by atoms with Crippen molar-refractivity contribution in [2.45, 2.75) is 32.6 Å². The molecule has 0 spiro atoms. The van der Waals surface area contributed by atoms with Crippen molar-refractivity contribution in [3.05, 3.63) is 34.6 Å². The predicted octanol–water partition coefficient (Wildman–Crippen LogP) is 4.92. The van der Waals surface area contributed by atoms with Crippen molar-refractivity contribution in [2.24, 2.45) is 11.8 Å². The molecule has 2 unspecified atom stereocenters. The van der Waals surface area contributed by atoms with Crippen molar-refractivity contribution in [1.82, 2.24) is 0 Å². The number of rotatable bonds is 4. The van der Waals surface area contributed by atoms with E-state index in [1.54, 1.807) is 12.1 Å². The molecule has 90 valence electrons. The van der Waals surface area contributed by atoms with Gasteiger partial charge in [0.1, 0.15) is 5.82 Å². The van der Waals surface area contributed by atoms with Crippen molar-refractivity contribution in [2.75, 3.05) is 0 Å². The Labute approximate surface area is 107 Å². The van der Waals surface area contributed by atoms with E-state index >= 15 is 0 Å². The number of halogens is 3. The third kappa shape index (κ3) is 3.36. The molecule has 0 aliphatic carbocycles. The summed E-state index contributed by atoms with van der Waals surface area (Å²) in [6.07, 6.45) is 0.591. The van der Waals surface area contributed by atoms with Crippen LogP contribution < -0.4 is 0 Å². The Kier molecular flexibility index (Phi) is 5.07. The minimum Gasteiger partial charge on any atom is -0.207 e. The zero-order valence-corrected chi connectivity index (χ0v) is 11.3. The second-order valence-electron chi connectivity index (χ2n) is 4.49. The van der Waals surface area contributed by atoms with Gasteiger partial charge in [-0.1, -0.05) is 31.5 Å². The van der Waals surface area contributed by atoms with Crippen LogP contribution in [0, 0.1) is 17.7 Å². The molecule has 0 N–H and O–H groups in total. The number of hydrogen-bond acceptors (Lipinski definition) is 0. The van der Waals surface area contributed by atoms with Crippen LogP contribution in [-0.4, -0.2) is 5.38 Å². The maximum Gasteiger partial charge on any atom is 0.127 e. The van der Waals surface area contributed by atoms with E-state index in [0.29, 0.717) is 22.9 Å². The SMILES string of the molecule is CC(C)C(Cc1c(F)cccc1Cl)C(C)Cl. The first-order chi connectivity index (χ1) is 7.43. The van der Waals surface area contributed by atoms with E-state index in [9.17, 15) is 4.39 Å². The Morgan fingerprint density at radius 3 is 2.31 bits per heavy atom. The van der Waals surface area contributed by atoms with Crippen molar-refractivity contribution in [3.8, 4) is 0 Å². The van der Waals surface area contributed by atoms with Gasteiger partial charge in [0.05, 0.1) is 0 Å². The molecule has 0 fully saturated rings. The quantitative estimate of drug-likeness (QED) is 0.676. The Balaban J connectivity index is 2.94. The summed E-state index contributed by atoms with van der Waals surface area (Å²) < 4.78 is 13.6. The summed E-state index contributed by atoms with van der Waals surface area (Å²) in [4.78, 5) is 0. The lowest BCUT2D eigenvalue weighted by atomic mass is 9.86. The molecule has 2 atom stereocenters. The molecular formula is C13H17Cl2F. The van der Waals surface area contributed by atoms with E-state index in [4.69, 9.17) is 23.2 Å². The summed E-state index contributed by atoms with van der Waals surface area (Å²) >= 11 is 12.1. The second kappa shape index (κ2) is 5.88. The minimum atomic E-state index is -0.240. The predicted molar refractivity (Wildman–Crippen MR) is 68.8 cm³/mol. The Morgan fingerprint density at radius 1 is 1.25 bits per heavy atom. The van der Waals surface area contributed by atoms with Crippen LogP contribution in [0.15, 0.2) is 18.2 Å². The van der Waals surface area contributed by atoms with Crippen LogP contribution in [0.25, 0.3) is 0 Å². The molecule has 0 heterocycles. The van der Waals surface area contributed by atoms with E-state index in [0.717, 1.165) is 0 Å². The zero-order valence-electron chi connectivity index (χ0n) is 9.81. The highest BCUT2D eigenvalue weighted by molar-refractivity contribution is 6.31. The third-order valence-corrected chi connectivity index (χ3v) is 3.63. The standard InChI is InChI=1S/C13H17Cl2F/c1-8(2)10(9(3)14)7-11-12(15)5-4-6-13(11)16/h4-6,8-10H,7H2,1-3H3. The molecule has 16 heavy (non-hydrogen) atoms. The van der Waals surface area contributed by atoms with Gasteiger partial charge in [-0.3, -0.25) is 0 Å². The van der Waals surface area contributed by atoms with Gasteiger partial charge in [-0.15, -0.1) is 11.6 Å². The summed E-state index contributed by atoms with van der Waals surface area (Å²) in [5.74, 6) is 0.398. The lowest BCUT2D eigenvalue weighted by molar-refractivity contribution is 0.371. The van der Waals surface area contributed by atoms with Gasteiger partial charge in [0.25, 0.3) is 0 Å². The van der Waals surface area contributed by atoms with Crippen molar-refractivity contribution < 1.29 is 4.39 Å². The first-order valence-corrected chi connectivity index (χ1v) is 6.32. The molecule has 0 bridgehead atoms. The molecule has 0 nitrogen and oxygen atoms in total. The Bertz CT molecular complexity index is 320. The van der Waals surface area contributed by atoms with Gasteiger partial charge in [-0.2, -0.15) is 0 Å². The fourth-order valence-electron chi connectivity index (χ4n) is 1.89. The van der Waals surface area contributed by atoms with Gasteiger partial charge >= 0.3 is 0 Å². The second-order valence-corrected chi connectivity index (χ2v) is 5.59. The van der Waals surface area contributed by atoms with Crippen LogP contribution in [0.2, 0.25) is 5.02 Å². The monoisotopic (exact) mass is 262 g/mol. The van der Waals surface area contributed by atoms with Crippen molar-refractivity contribution in [1.29, 1.82) is 0 Å². The molecule has 0 saturated heterocycles. The molecule has 0 aromatic heterocycles. The molecule has 1 rings (SSSR count). The van der Waals surface area contributed by atoms with E-state index in [-0.39, 0.29) is 17.1 Å². The van der Waals surface area contributed by atoms with Crippen LogP contribution in [0.4, 0.5) is 4.39 Å². The van der Waals surface area contributed by atoms with Crippen LogP contribution in [-0.2, 0) is 6.42 Å². The molecular weight excluding hydrogens is 246 g/mol. The van der Waals surface area contributed by atoms with Crippen molar-refractivity contribution >= 4 is 23.2 Å². The van der Waals surface area contributed by atoms with E-state index < -0.39 is 0 Å². The molecule has 1 aromatic rings. The van der Waals surface area contributed by atoms with Gasteiger partial charge in [0.15, 0.2) is 0 Å². The van der Waals surface area contributed by atoms with Gasteiger partial charge in [0, 0.05) is 16.0 Å². The Morgan fingerprint density at radius 2 is 1.88 bits per heavy atom. The van der Waals surface area contributed by atoms with E-state index in [2.05, 4.69) is 13.8 Å². The first kappa shape index (κ1) is 13.8. The summed E-state index contributed by atoms with van der Waals surface area (Å²) in [6.45, 7) is 6.14. The van der Waals surface area contributed by atoms with Crippen LogP contribution in [0.3, 0.4) is 0 Å². The molecule has 0 radical (unpaired) electrons. The molecule has 0 aliphatic heterocycles. The summed E-state index contributed by atoms with van der Waals surface area (Å²) in [7, 11) is 0. The average molecular weight is 263 g/mol. The van der Waals surface area contributed by atoms with Crippen LogP contribution in [0.1, 0.15) is 26.3 Å². The number of benzene rings is 1. The summed E-state index contributed by atoms with van der Waals surface area (Å²) in [5, 5.41) is 0.499. The molecule has 0 amide bonds. The number of hydrogen-bond donors (Lipinski definition) is 0. The van der Waals surface area contributed by atoms with E-state index in [1.165, 1.54) is 6.07 Å². The molecule has 0 aliphatic rings. The third-order valence-electron chi connectivity index (χ3n) is 2.95. The lowest BCUT2D eigenvalue weighted by Crippen LogP contribution is -2.21. The highest BCUT2D eigenvalue weighted by Gasteiger charge is 2.22. The summed E-state index contributed by atoms with van der Waals surface area (Å²) in [5.41, 5.74) is 0.579. The maximum absolute atomic E-state index is 13.6. The normalized spacial score (nSPS) is 15.2. The lowest BCUT2D eigenvalue weighted by Gasteiger charge is -2.24. The molecule has 3 heteroatoms.